The van der Waals surface area contributed by atoms with Gasteiger partial charge in [0.1, 0.15) is 0 Å². The molecule has 0 fully saturated rings. The molecule has 0 unspecified atom stereocenters. The zero-order valence-corrected chi connectivity index (χ0v) is 13.1. The van der Waals surface area contributed by atoms with E-state index >= 15 is 0 Å². The molecule has 0 radical (unpaired) electrons. The Labute approximate surface area is 126 Å². The first-order valence-electron chi connectivity index (χ1n) is 7.20. The molecule has 0 spiro atoms. The van der Waals surface area contributed by atoms with Crippen LogP contribution >= 0.6 is 0 Å². The van der Waals surface area contributed by atoms with Gasteiger partial charge in [-0.3, -0.25) is 9.59 Å². The van der Waals surface area contributed by atoms with Gasteiger partial charge < -0.3 is 15.1 Å². The van der Waals surface area contributed by atoms with Crippen LogP contribution in [0.5, 0.6) is 0 Å². The van der Waals surface area contributed by atoms with Crippen LogP contribution in [0.25, 0.3) is 0 Å². The summed E-state index contributed by atoms with van der Waals surface area (Å²) in [5.74, 6) is -0.0314. The molecule has 0 aliphatic carbocycles. The first kappa shape index (κ1) is 17.2. The molecule has 0 bridgehead atoms. The van der Waals surface area contributed by atoms with Gasteiger partial charge in [-0.05, 0) is 19.7 Å². The SMILES string of the molecule is CC(=O)N(CCC(=O)NCCN(C)C)Cc1ccccc1. The van der Waals surface area contributed by atoms with Gasteiger partial charge in [-0.15, -0.1) is 0 Å². The van der Waals surface area contributed by atoms with Crippen LogP contribution < -0.4 is 5.32 Å². The Kier molecular flexibility index (Phi) is 7.46. The Morgan fingerprint density at radius 3 is 2.33 bits per heavy atom. The van der Waals surface area contributed by atoms with Gasteiger partial charge in [0.2, 0.25) is 11.8 Å². The topological polar surface area (TPSA) is 52.7 Å². The Hall–Kier alpha value is -1.88. The van der Waals surface area contributed by atoms with Crippen molar-refractivity contribution in [1.82, 2.24) is 15.1 Å². The number of carbonyl (C=O) groups excluding carboxylic acids is 2. The van der Waals surface area contributed by atoms with E-state index in [1.54, 1.807) is 4.90 Å². The van der Waals surface area contributed by atoms with E-state index in [0.29, 0.717) is 26.1 Å². The third kappa shape index (κ3) is 7.46. The average Bonchev–Trinajstić information content (AvgIpc) is 2.43. The van der Waals surface area contributed by atoms with E-state index < -0.39 is 0 Å². The normalized spacial score (nSPS) is 10.5. The van der Waals surface area contributed by atoms with E-state index in [9.17, 15) is 9.59 Å². The molecule has 21 heavy (non-hydrogen) atoms. The van der Waals surface area contributed by atoms with Gasteiger partial charge in [0.25, 0.3) is 0 Å². The molecule has 1 rings (SSSR count). The lowest BCUT2D eigenvalue weighted by Crippen LogP contribution is -2.35. The number of carbonyl (C=O) groups is 2. The van der Waals surface area contributed by atoms with Crippen molar-refractivity contribution < 1.29 is 9.59 Å². The van der Waals surface area contributed by atoms with Crippen molar-refractivity contribution in [3.63, 3.8) is 0 Å². The molecule has 0 atom stereocenters. The monoisotopic (exact) mass is 291 g/mol. The highest BCUT2D eigenvalue weighted by Gasteiger charge is 2.11. The molecular weight excluding hydrogens is 266 g/mol. The zero-order valence-electron chi connectivity index (χ0n) is 13.1. The number of likely N-dealkylation sites (N-methyl/N-ethyl adjacent to an activating group) is 1. The maximum atomic E-state index is 11.7. The highest BCUT2D eigenvalue weighted by molar-refractivity contribution is 5.78. The lowest BCUT2D eigenvalue weighted by Gasteiger charge is -2.21. The molecule has 0 aromatic heterocycles. The van der Waals surface area contributed by atoms with Crippen molar-refractivity contribution in [2.24, 2.45) is 0 Å². The highest BCUT2D eigenvalue weighted by atomic mass is 16.2. The van der Waals surface area contributed by atoms with E-state index in [4.69, 9.17) is 0 Å². The summed E-state index contributed by atoms with van der Waals surface area (Å²) in [6.07, 6.45) is 0.333. The van der Waals surface area contributed by atoms with Crippen LogP contribution in [0.2, 0.25) is 0 Å². The molecule has 1 aromatic rings. The van der Waals surface area contributed by atoms with E-state index in [2.05, 4.69) is 5.32 Å². The summed E-state index contributed by atoms with van der Waals surface area (Å²) in [5, 5.41) is 2.85. The van der Waals surface area contributed by atoms with E-state index in [-0.39, 0.29) is 11.8 Å². The van der Waals surface area contributed by atoms with Crippen molar-refractivity contribution in [1.29, 1.82) is 0 Å². The standard InChI is InChI=1S/C16H25N3O2/c1-14(20)19(13-15-7-5-4-6-8-15)11-9-16(21)17-10-12-18(2)3/h4-8H,9-13H2,1-3H3,(H,17,21). The molecule has 0 aliphatic rings. The Balaban J connectivity index is 2.38. The summed E-state index contributed by atoms with van der Waals surface area (Å²) in [4.78, 5) is 27.1. The second-order valence-corrected chi connectivity index (χ2v) is 5.33. The van der Waals surface area contributed by atoms with Crippen LogP contribution in [0.4, 0.5) is 0 Å². The second kappa shape index (κ2) is 9.13. The number of amides is 2. The van der Waals surface area contributed by atoms with Crippen molar-refractivity contribution >= 4 is 11.8 Å². The zero-order chi connectivity index (χ0) is 15.7. The summed E-state index contributed by atoms with van der Waals surface area (Å²) < 4.78 is 0. The summed E-state index contributed by atoms with van der Waals surface area (Å²) in [6, 6.07) is 9.79. The van der Waals surface area contributed by atoms with Gasteiger partial charge in [-0.25, -0.2) is 0 Å². The minimum Gasteiger partial charge on any atom is -0.355 e. The number of nitrogens with zero attached hydrogens (tertiary/aromatic N) is 2. The third-order valence-electron chi connectivity index (χ3n) is 3.15. The Morgan fingerprint density at radius 1 is 1.10 bits per heavy atom. The van der Waals surface area contributed by atoms with Gasteiger partial charge in [-0.2, -0.15) is 0 Å². The van der Waals surface area contributed by atoms with Gasteiger partial charge >= 0.3 is 0 Å². The molecule has 1 aromatic carbocycles. The molecule has 5 heteroatoms. The van der Waals surface area contributed by atoms with Crippen LogP contribution in [-0.2, 0) is 16.1 Å². The lowest BCUT2D eigenvalue weighted by atomic mass is 10.2. The molecule has 0 heterocycles. The number of nitrogens with one attached hydrogen (secondary N) is 1. The Bertz CT molecular complexity index is 446. The van der Waals surface area contributed by atoms with Crippen LogP contribution in [0.15, 0.2) is 30.3 Å². The molecule has 5 nitrogen and oxygen atoms in total. The number of benzene rings is 1. The van der Waals surface area contributed by atoms with Crippen molar-refractivity contribution in [3.05, 3.63) is 35.9 Å². The van der Waals surface area contributed by atoms with Crippen LogP contribution in [0.3, 0.4) is 0 Å². The molecule has 116 valence electrons. The molecular formula is C16H25N3O2. The number of rotatable bonds is 8. The maximum absolute atomic E-state index is 11.7. The quantitative estimate of drug-likeness (QED) is 0.780. The molecule has 0 saturated carbocycles. The first-order chi connectivity index (χ1) is 9.99. The van der Waals surface area contributed by atoms with Crippen LogP contribution in [-0.4, -0.2) is 55.3 Å². The average molecular weight is 291 g/mol. The van der Waals surface area contributed by atoms with Crippen LogP contribution in [0, 0.1) is 0 Å². The second-order valence-electron chi connectivity index (χ2n) is 5.33. The van der Waals surface area contributed by atoms with E-state index in [0.717, 1.165) is 12.1 Å². The third-order valence-corrected chi connectivity index (χ3v) is 3.15. The van der Waals surface area contributed by atoms with Crippen molar-refractivity contribution in [2.75, 3.05) is 33.7 Å². The smallest absolute Gasteiger partial charge is 0.221 e. The summed E-state index contributed by atoms with van der Waals surface area (Å²) >= 11 is 0. The summed E-state index contributed by atoms with van der Waals surface area (Å²) in [5.41, 5.74) is 1.07. The van der Waals surface area contributed by atoms with Gasteiger partial charge in [-0.1, -0.05) is 30.3 Å². The van der Waals surface area contributed by atoms with E-state index in [1.165, 1.54) is 6.92 Å². The fourth-order valence-corrected chi connectivity index (χ4v) is 1.90. The minimum atomic E-state index is -0.0174. The van der Waals surface area contributed by atoms with Gasteiger partial charge in [0.15, 0.2) is 0 Å². The van der Waals surface area contributed by atoms with Crippen LogP contribution in [0.1, 0.15) is 18.9 Å². The molecule has 1 N–H and O–H groups in total. The highest BCUT2D eigenvalue weighted by Crippen LogP contribution is 2.05. The Morgan fingerprint density at radius 2 is 1.76 bits per heavy atom. The number of hydrogen-bond donors (Lipinski definition) is 1. The van der Waals surface area contributed by atoms with Gasteiger partial charge in [0, 0.05) is 39.5 Å². The molecule has 0 saturated heterocycles. The van der Waals surface area contributed by atoms with Crippen molar-refractivity contribution in [2.45, 2.75) is 19.9 Å². The minimum absolute atomic E-state index is 0.0139. The van der Waals surface area contributed by atoms with Crippen molar-refractivity contribution in [3.8, 4) is 0 Å². The maximum Gasteiger partial charge on any atom is 0.221 e. The molecule has 2 amide bonds. The largest absolute Gasteiger partial charge is 0.355 e. The molecule has 0 aliphatic heterocycles. The van der Waals surface area contributed by atoms with Gasteiger partial charge in [0.05, 0.1) is 0 Å². The predicted molar refractivity (Wildman–Crippen MR) is 83.7 cm³/mol. The van der Waals surface area contributed by atoms with E-state index in [1.807, 2.05) is 49.3 Å². The summed E-state index contributed by atoms with van der Waals surface area (Å²) in [6.45, 7) is 3.96. The number of hydrogen-bond acceptors (Lipinski definition) is 3. The predicted octanol–water partition coefficient (Wildman–Crippen LogP) is 1.10. The fourth-order valence-electron chi connectivity index (χ4n) is 1.90. The lowest BCUT2D eigenvalue weighted by molar-refractivity contribution is -0.130. The first-order valence-corrected chi connectivity index (χ1v) is 7.20. The summed E-state index contributed by atoms with van der Waals surface area (Å²) in [7, 11) is 3.92. The fraction of sp³-hybridized carbons (Fsp3) is 0.500.